The number of hydrogen-bond acceptors (Lipinski definition) is 5. The fraction of sp³-hybridized carbons (Fsp3) is 0.154. The number of halogens is 1. The number of methoxy groups -OCH3 is 2. The second-order valence-electron chi connectivity index (χ2n) is 7.68. The van der Waals surface area contributed by atoms with Crippen LogP contribution >= 0.6 is 11.6 Å². The van der Waals surface area contributed by atoms with E-state index in [1.54, 1.807) is 49.6 Å². The number of nitrogens with one attached hydrogen (secondary N) is 1. The van der Waals surface area contributed by atoms with E-state index in [9.17, 15) is 9.59 Å². The van der Waals surface area contributed by atoms with Gasteiger partial charge in [0.2, 0.25) is 0 Å². The Morgan fingerprint density at radius 1 is 0.848 bits per heavy atom. The summed E-state index contributed by atoms with van der Waals surface area (Å²) in [6.45, 7) is 3.90. The van der Waals surface area contributed by atoms with Crippen LogP contribution < -0.4 is 19.7 Å². The number of rotatable bonds is 6. The first-order valence-electron chi connectivity index (χ1n) is 10.3. The summed E-state index contributed by atoms with van der Waals surface area (Å²) in [5.41, 5.74) is 4.03. The van der Waals surface area contributed by atoms with Crippen molar-refractivity contribution in [2.24, 2.45) is 0 Å². The molecule has 0 radical (unpaired) electrons. The Bertz CT molecular complexity index is 1280. The van der Waals surface area contributed by atoms with Crippen LogP contribution in [0.3, 0.4) is 0 Å². The van der Waals surface area contributed by atoms with Gasteiger partial charge < -0.3 is 14.8 Å². The van der Waals surface area contributed by atoms with Crippen LogP contribution in [0.15, 0.2) is 66.4 Å². The molecule has 1 aliphatic rings. The fourth-order valence-corrected chi connectivity index (χ4v) is 3.99. The molecule has 3 aromatic rings. The lowest BCUT2D eigenvalue weighted by molar-refractivity contribution is -0.120. The van der Waals surface area contributed by atoms with Crippen molar-refractivity contribution in [2.45, 2.75) is 13.8 Å². The summed E-state index contributed by atoms with van der Waals surface area (Å²) in [6, 6.07) is 17.5. The molecule has 1 heterocycles. The molecule has 0 unspecified atom stereocenters. The Labute approximate surface area is 197 Å². The molecule has 6 nitrogen and oxygen atoms in total. The topological polar surface area (TPSA) is 67.9 Å². The van der Waals surface area contributed by atoms with Gasteiger partial charge in [0, 0.05) is 11.1 Å². The van der Waals surface area contributed by atoms with E-state index in [1.807, 2.05) is 32.0 Å². The maximum Gasteiger partial charge on any atom is 0.282 e. The molecule has 0 atom stereocenters. The van der Waals surface area contributed by atoms with Gasteiger partial charge >= 0.3 is 0 Å². The fourth-order valence-electron chi connectivity index (χ4n) is 3.86. The molecule has 2 amide bonds. The summed E-state index contributed by atoms with van der Waals surface area (Å²) in [6.07, 6.45) is 0. The molecule has 0 saturated heterocycles. The molecule has 0 saturated carbocycles. The van der Waals surface area contributed by atoms with Crippen LogP contribution in [0.5, 0.6) is 11.5 Å². The summed E-state index contributed by atoms with van der Waals surface area (Å²) >= 11 is 6.01. The van der Waals surface area contributed by atoms with E-state index in [4.69, 9.17) is 21.1 Å². The third-order valence-electron chi connectivity index (χ3n) is 5.49. The van der Waals surface area contributed by atoms with Crippen molar-refractivity contribution in [1.82, 2.24) is 0 Å². The van der Waals surface area contributed by atoms with Gasteiger partial charge in [-0.3, -0.25) is 9.59 Å². The highest BCUT2D eigenvalue weighted by Crippen LogP contribution is 2.38. The molecule has 0 aliphatic carbocycles. The molecule has 168 valence electrons. The van der Waals surface area contributed by atoms with Crippen molar-refractivity contribution in [3.05, 3.63) is 88.1 Å². The Morgan fingerprint density at radius 3 is 2.21 bits per heavy atom. The number of aryl methyl sites for hydroxylation is 2. The highest BCUT2D eigenvalue weighted by atomic mass is 35.5. The van der Waals surface area contributed by atoms with E-state index >= 15 is 0 Å². The van der Waals surface area contributed by atoms with E-state index < -0.39 is 11.8 Å². The summed E-state index contributed by atoms with van der Waals surface area (Å²) in [5.74, 6) is 0.201. The number of nitrogens with zero attached hydrogens (tertiary/aromatic N) is 1. The lowest BCUT2D eigenvalue weighted by Crippen LogP contribution is -2.32. The van der Waals surface area contributed by atoms with Gasteiger partial charge in [0.15, 0.2) is 0 Å². The van der Waals surface area contributed by atoms with Crippen LogP contribution in [0.1, 0.15) is 16.7 Å². The molecule has 0 spiro atoms. The van der Waals surface area contributed by atoms with Crippen LogP contribution in [0.2, 0.25) is 5.02 Å². The zero-order valence-electron chi connectivity index (χ0n) is 18.7. The molecule has 33 heavy (non-hydrogen) atoms. The van der Waals surface area contributed by atoms with E-state index in [-0.39, 0.29) is 11.3 Å². The number of hydrogen-bond donors (Lipinski definition) is 1. The minimum atomic E-state index is -0.470. The average Bonchev–Trinajstić information content (AvgIpc) is 3.04. The zero-order chi connectivity index (χ0) is 23.7. The van der Waals surface area contributed by atoms with Crippen molar-refractivity contribution >= 4 is 40.4 Å². The van der Waals surface area contributed by atoms with Crippen molar-refractivity contribution in [3.63, 3.8) is 0 Å². The predicted molar refractivity (Wildman–Crippen MR) is 130 cm³/mol. The highest BCUT2D eigenvalue weighted by molar-refractivity contribution is 6.46. The number of amides is 2. The van der Waals surface area contributed by atoms with Crippen LogP contribution in [0.4, 0.5) is 11.4 Å². The predicted octanol–water partition coefficient (Wildman–Crippen LogP) is 5.37. The molecule has 0 aromatic heterocycles. The van der Waals surface area contributed by atoms with Crippen molar-refractivity contribution < 1.29 is 19.1 Å². The zero-order valence-corrected chi connectivity index (χ0v) is 19.5. The molecule has 1 N–H and O–H groups in total. The van der Waals surface area contributed by atoms with Gasteiger partial charge in [-0.05, 0) is 61.4 Å². The number of carbonyl (C=O) groups is 2. The molecular weight excluding hydrogens is 440 g/mol. The first-order chi connectivity index (χ1) is 15.8. The second-order valence-corrected chi connectivity index (χ2v) is 8.12. The SMILES string of the molecule is COc1ccc(OC)c(NC2=C(c3ccc(C)cc3C)C(=O)N(c3ccc(Cl)cc3)C2=O)c1. The average molecular weight is 463 g/mol. The maximum absolute atomic E-state index is 13.6. The largest absolute Gasteiger partial charge is 0.497 e. The first kappa shape index (κ1) is 22.4. The van der Waals surface area contributed by atoms with Crippen molar-refractivity contribution in [2.75, 3.05) is 24.4 Å². The molecule has 0 bridgehead atoms. The van der Waals surface area contributed by atoms with Gasteiger partial charge in [-0.1, -0.05) is 35.4 Å². The first-order valence-corrected chi connectivity index (χ1v) is 10.7. The molecule has 3 aromatic carbocycles. The van der Waals surface area contributed by atoms with Crippen LogP contribution in [0.25, 0.3) is 5.57 Å². The van der Waals surface area contributed by atoms with E-state index in [0.717, 1.165) is 16.0 Å². The van der Waals surface area contributed by atoms with E-state index in [1.165, 1.54) is 7.11 Å². The minimum Gasteiger partial charge on any atom is -0.497 e. The van der Waals surface area contributed by atoms with Gasteiger partial charge in [-0.2, -0.15) is 0 Å². The Balaban J connectivity index is 1.88. The second kappa shape index (κ2) is 9.00. The highest BCUT2D eigenvalue weighted by Gasteiger charge is 2.41. The number of ether oxygens (including phenoxy) is 2. The van der Waals surface area contributed by atoms with Gasteiger partial charge in [-0.25, -0.2) is 4.90 Å². The van der Waals surface area contributed by atoms with Crippen molar-refractivity contribution in [1.29, 1.82) is 0 Å². The molecular formula is C26H23ClN2O4. The van der Waals surface area contributed by atoms with Gasteiger partial charge in [-0.15, -0.1) is 0 Å². The molecule has 0 fully saturated rings. The number of anilines is 2. The summed E-state index contributed by atoms with van der Waals surface area (Å²) in [5, 5.41) is 3.67. The lowest BCUT2D eigenvalue weighted by Gasteiger charge is -2.16. The Morgan fingerprint density at radius 2 is 1.58 bits per heavy atom. The molecule has 1 aliphatic heterocycles. The monoisotopic (exact) mass is 462 g/mol. The summed E-state index contributed by atoms with van der Waals surface area (Å²) < 4.78 is 10.8. The van der Waals surface area contributed by atoms with Crippen LogP contribution in [-0.2, 0) is 9.59 Å². The number of imide groups is 1. The van der Waals surface area contributed by atoms with E-state index in [2.05, 4.69) is 5.32 Å². The molecule has 4 rings (SSSR count). The quantitative estimate of drug-likeness (QED) is 0.499. The summed E-state index contributed by atoms with van der Waals surface area (Å²) in [7, 11) is 3.09. The number of carbonyl (C=O) groups excluding carboxylic acids is 2. The van der Waals surface area contributed by atoms with E-state index in [0.29, 0.717) is 33.5 Å². The Hall–Kier alpha value is -3.77. The number of benzene rings is 3. The molecule has 7 heteroatoms. The smallest absolute Gasteiger partial charge is 0.282 e. The van der Waals surface area contributed by atoms with Gasteiger partial charge in [0.05, 0.1) is 31.2 Å². The lowest BCUT2D eigenvalue weighted by atomic mass is 9.97. The van der Waals surface area contributed by atoms with Crippen LogP contribution in [0, 0.1) is 13.8 Å². The Kier molecular flexibility index (Phi) is 6.11. The van der Waals surface area contributed by atoms with Gasteiger partial charge in [0.25, 0.3) is 11.8 Å². The van der Waals surface area contributed by atoms with Crippen molar-refractivity contribution in [3.8, 4) is 11.5 Å². The third kappa shape index (κ3) is 4.17. The third-order valence-corrected chi connectivity index (χ3v) is 5.74. The minimum absolute atomic E-state index is 0.161. The standard InChI is InChI=1S/C26H23ClN2O4/c1-15-5-11-20(16(2)13-15)23-24(28-21-14-19(32-3)10-12-22(21)33-4)26(31)29(25(23)30)18-8-6-17(27)7-9-18/h5-14,28H,1-4H3. The van der Waals surface area contributed by atoms with Crippen LogP contribution in [-0.4, -0.2) is 26.0 Å². The maximum atomic E-state index is 13.6. The van der Waals surface area contributed by atoms with Gasteiger partial charge in [0.1, 0.15) is 17.2 Å². The normalized spacial score (nSPS) is 13.5. The summed E-state index contributed by atoms with van der Waals surface area (Å²) in [4.78, 5) is 28.4.